The number of nitrogens with one attached hydrogen (secondary N) is 1. The normalized spacial score (nSPS) is 10.4. The second-order valence-electron chi connectivity index (χ2n) is 3.07. The molecule has 0 radical (unpaired) electrons. The van der Waals surface area contributed by atoms with Crippen LogP contribution < -0.4 is 16.0 Å². The number of hydrazine groups is 1. The van der Waals surface area contributed by atoms with Crippen LogP contribution in [0.15, 0.2) is 12.1 Å². The molecule has 3 N–H and O–H groups in total. The molecule has 0 aliphatic carbocycles. The monoisotopic (exact) mass is 234 g/mol. The minimum absolute atomic E-state index is 0.0549. The molecule has 0 saturated carbocycles. The standard InChI is InChI=1S/C9H12Cl2N2O/c1-5(2)14-9-4-8(13-12)6(10)3-7(9)11/h3-5,13H,12H2,1-2H3. The highest BCUT2D eigenvalue weighted by Gasteiger charge is 2.08. The molecule has 0 fully saturated rings. The van der Waals surface area contributed by atoms with Gasteiger partial charge < -0.3 is 10.2 Å². The number of nitrogens with two attached hydrogens (primary N) is 1. The van der Waals surface area contributed by atoms with E-state index in [-0.39, 0.29) is 6.10 Å². The molecule has 5 heteroatoms. The second kappa shape index (κ2) is 4.73. The van der Waals surface area contributed by atoms with E-state index in [0.29, 0.717) is 21.5 Å². The first-order chi connectivity index (χ1) is 6.54. The van der Waals surface area contributed by atoms with E-state index in [9.17, 15) is 0 Å². The number of rotatable bonds is 3. The number of ether oxygens (including phenoxy) is 1. The fourth-order valence-corrected chi connectivity index (χ4v) is 1.47. The minimum Gasteiger partial charge on any atom is -0.489 e. The van der Waals surface area contributed by atoms with Crippen LogP contribution in [0, 0.1) is 0 Å². The summed E-state index contributed by atoms with van der Waals surface area (Å²) in [5.74, 6) is 5.84. The van der Waals surface area contributed by atoms with Crippen LogP contribution in [0.2, 0.25) is 10.0 Å². The van der Waals surface area contributed by atoms with Gasteiger partial charge in [0.05, 0.1) is 21.8 Å². The third-order valence-corrected chi connectivity index (χ3v) is 2.15. The molecule has 0 saturated heterocycles. The maximum atomic E-state index is 5.92. The van der Waals surface area contributed by atoms with Gasteiger partial charge in [-0.1, -0.05) is 23.2 Å². The average Bonchev–Trinajstić information content (AvgIpc) is 2.09. The molecular formula is C9H12Cl2N2O. The van der Waals surface area contributed by atoms with Gasteiger partial charge in [0.2, 0.25) is 0 Å². The fourth-order valence-electron chi connectivity index (χ4n) is 0.984. The van der Waals surface area contributed by atoms with Crippen molar-refractivity contribution in [1.82, 2.24) is 0 Å². The van der Waals surface area contributed by atoms with E-state index < -0.39 is 0 Å². The van der Waals surface area contributed by atoms with Crippen LogP contribution >= 0.6 is 23.2 Å². The van der Waals surface area contributed by atoms with Gasteiger partial charge in [-0.15, -0.1) is 0 Å². The predicted molar refractivity (Wildman–Crippen MR) is 60.0 cm³/mol. The number of benzene rings is 1. The van der Waals surface area contributed by atoms with Crippen molar-refractivity contribution in [3.63, 3.8) is 0 Å². The summed E-state index contributed by atoms with van der Waals surface area (Å²) in [5, 5.41) is 0.941. The van der Waals surface area contributed by atoms with E-state index in [2.05, 4.69) is 5.43 Å². The lowest BCUT2D eigenvalue weighted by Gasteiger charge is -2.13. The highest BCUT2D eigenvalue weighted by Crippen LogP contribution is 2.34. The molecule has 0 heterocycles. The maximum Gasteiger partial charge on any atom is 0.140 e. The molecule has 0 aromatic heterocycles. The highest BCUT2D eigenvalue weighted by molar-refractivity contribution is 6.37. The van der Waals surface area contributed by atoms with Crippen LogP contribution in [0.4, 0.5) is 5.69 Å². The van der Waals surface area contributed by atoms with Gasteiger partial charge in [0.15, 0.2) is 0 Å². The lowest BCUT2D eigenvalue weighted by Crippen LogP contribution is -2.09. The van der Waals surface area contributed by atoms with Gasteiger partial charge in [-0.25, -0.2) is 0 Å². The Hall–Kier alpha value is -0.640. The van der Waals surface area contributed by atoms with E-state index >= 15 is 0 Å². The topological polar surface area (TPSA) is 47.3 Å². The molecule has 3 nitrogen and oxygen atoms in total. The SMILES string of the molecule is CC(C)Oc1cc(NN)c(Cl)cc1Cl. The van der Waals surface area contributed by atoms with Gasteiger partial charge in [0, 0.05) is 6.07 Å². The predicted octanol–water partition coefficient (Wildman–Crippen LogP) is 3.07. The number of halogens is 2. The lowest BCUT2D eigenvalue weighted by molar-refractivity contribution is 0.242. The van der Waals surface area contributed by atoms with Crippen LogP contribution in [-0.2, 0) is 0 Å². The molecule has 1 aromatic rings. The van der Waals surface area contributed by atoms with Gasteiger partial charge in [0.1, 0.15) is 5.75 Å². The minimum atomic E-state index is 0.0549. The largest absolute Gasteiger partial charge is 0.489 e. The molecule has 0 spiro atoms. The third-order valence-electron chi connectivity index (χ3n) is 1.54. The first-order valence-corrected chi connectivity index (χ1v) is 4.92. The van der Waals surface area contributed by atoms with Crippen LogP contribution in [0.1, 0.15) is 13.8 Å². The molecule has 0 atom stereocenters. The summed E-state index contributed by atoms with van der Waals surface area (Å²) < 4.78 is 5.46. The summed E-state index contributed by atoms with van der Waals surface area (Å²) in [4.78, 5) is 0. The Morgan fingerprint density at radius 2 is 1.93 bits per heavy atom. The molecule has 0 aliphatic rings. The van der Waals surface area contributed by atoms with Gasteiger partial charge in [0.25, 0.3) is 0 Å². The zero-order chi connectivity index (χ0) is 10.7. The van der Waals surface area contributed by atoms with E-state index in [1.165, 1.54) is 0 Å². The molecule has 0 aliphatic heterocycles. The van der Waals surface area contributed by atoms with E-state index in [0.717, 1.165) is 0 Å². The third kappa shape index (κ3) is 2.67. The molecule has 14 heavy (non-hydrogen) atoms. The van der Waals surface area contributed by atoms with Crippen molar-refractivity contribution in [2.45, 2.75) is 20.0 Å². The quantitative estimate of drug-likeness (QED) is 0.625. The first-order valence-electron chi connectivity index (χ1n) is 4.17. The van der Waals surface area contributed by atoms with Crippen LogP contribution in [0.3, 0.4) is 0 Å². The highest BCUT2D eigenvalue weighted by atomic mass is 35.5. The van der Waals surface area contributed by atoms with Crippen molar-refractivity contribution in [2.24, 2.45) is 5.84 Å². The van der Waals surface area contributed by atoms with E-state index in [1.807, 2.05) is 13.8 Å². The Labute approximate surface area is 93.1 Å². The second-order valence-corrected chi connectivity index (χ2v) is 3.89. The summed E-state index contributed by atoms with van der Waals surface area (Å²) in [6.45, 7) is 3.83. The molecule has 0 bridgehead atoms. The Morgan fingerprint density at radius 3 is 2.43 bits per heavy atom. The summed E-state index contributed by atoms with van der Waals surface area (Å²) in [5.41, 5.74) is 3.06. The molecule has 78 valence electrons. The van der Waals surface area contributed by atoms with E-state index in [4.69, 9.17) is 33.8 Å². The maximum absolute atomic E-state index is 5.92. The zero-order valence-corrected chi connectivity index (χ0v) is 9.49. The Morgan fingerprint density at radius 1 is 1.29 bits per heavy atom. The molecule has 1 aromatic carbocycles. The van der Waals surface area contributed by atoms with Crippen LogP contribution in [0.5, 0.6) is 5.75 Å². The molecule has 0 unspecified atom stereocenters. The van der Waals surface area contributed by atoms with Crippen molar-refractivity contribution in [3.05, 3.63) is 22.2 Å². The molecule has 0 amide bonds. The van der Waals surface area contributed by atoms with Crippen LogP contribution in [-0.4, -0.2) is 6.10 Å². The van der Waals surface area contributed by atoms with E-state index in [1.54, 1.807) is 12.1 Å². The van der Waals surface area contributed by atoms with Gasteiger partial charge >= 0.3 is 0 Å². The summed E-state index contributed by atoms with van der Waals surface area (Å²) in [7, 11) is 0. The number of hydrogen-bond acceptors (Lipinski definition) is 3. The van der Waals surface area contributed by atoms with Crippen molar-refractivity contribution >= 4 is 28.9 Å². The first kappa shape index (κ1) is 11.4. The zero-order valence-electron chi connectivity index (χ0n) is 7.97. The van der Waals surface area contributed by atoms with Crippen molar-refractivity contribution < 1.29 is 4.74 Å². The number of nitrogen functional groups attached to an aromatic ring is 1. The summed E-state index contributed by atoms with van der Waals surface area (Å²) in [6.07, 6.45) is 0.0549. The molecule has 1 rings (SSSR count). The Kier molecular flexibility index (Phi) is 3.86. The van der Waals surface area contributed by atoms with Gasteiger partial charge in [-0.2, -0.15) is 0 Å². The summed E-state index contributed by atoms with van der Waals surface area (Å²) >= 11 is 11.8. The smallest absolute Gasteiger partial charge is 0.140 e. The Balaban J connectivity index is 3.04. The lowest BCUT2D eigenvalue weighted by atomic mass is 10.3. The number of hydrogen-bond donors (Lipinski definition) is 2. The molecular weight excluding hydrogens is 223 g/mol. The van der Waals surface area contributed by atoms with Crippen molar-refractivity contribution in [3.8, 4) is 5.75 Å². The van der Waals surface area contributed by atoms with Gasteiger partial charge in [-0.3, -0.25) is 5.84 Å². The van der Waals surface area contributed by atoms with Crippen molar-refractivity contribution in [2.75, 3.05) is 5.43 Å². The Bertz CT molecular complexity index is 329. The fraction of sp³-hybridized carbons (Fsp3) is 0.333. The average molecular weight is 235 g/mol. The number of anilines is 1. The van der Waals surface area contributed by atoms with Gasteiger partial charge in [-0.05, 0) is 19.9 Å². The summed E-state index contributed by atoms with van der Waals surface area (Å²) in [6, 6.07) is 3.26. The van der Waals surface area contributed by atoms with Crippen molar-refractivity contribution in [1.29, 1.82) is 0 Å². The van der Waals surface area contributed by atoms with Crippen LogP contribution in [0.25, 0.3) is 0 Å².